The fourth-order valence-corrected chi connectivity index (χ4v) is 3.86. The molecule has 1 N–H and O–H groups in total. The van der Waals surface area contributed by atoms with E-state index in [9.17, 15) is 9.18 Å². The smallest absolute Gasteiger partial charge is 0.312 e. The van der Waals surface area contributed by atoms with Crippen molar-refractivity contribution >= 4 is 38.9 Å². The second-order valence-electron chi connectivity index (χ2n) is 5.09. The van der Waals surface area contributed by atoms with Crippen molar-refractivity contribution in [3.8, 4) is 11.3 Å². The standard InChI is InChI=1S/C15H9FN4O3S2/c16-14-7(9-5-24-6-17-9)1-2-8-15(14)25-12(18-8)3-10-19-20-11(23-10)4-13(21)22/h1-2,5-6H,3-4H2,(H,21,22). The van der Waals surface area contributed by atoms with E-state index in [0.717, 1.165) is 0 Å². The highest BCUT2D eigenvalue weighted by Crippen LogP contribution is 2.32. The van der Waals surface area contributed by atoms with Gasteiger partial charge in [0.25, 0.3) is 0 Å². The number of hydrogen-bond donors (Lipinski definition) is 1. The molecule has 0 aliphatic rings. The third-order valence-corrected chi connectivity index (χ3v) is 5.01. The first-order valence-corrected chi connectivity index (χ1v) is 8.85. The number of halogens is 1. The van der Waals surface area contributed by atoms with E-state index in [1.165, 1.54) is 22.7 Å². The average molecular weight is 376 g/mol. The monoisotopic (exact) mass is 376 g/mol. The number of nitrogens with zero attached hydrogens (tertiary/aromatic N) is 4. The molecule has 4 aromatic rings. The van der Waals surface area contributed by atoms with Crippen molar-refractivity contribution in [1.82, 2.24) is 20.2 Å². The highest BCUT2D eigenvalue weighted by molar-refractivity contribution is 7.18. The first-order valence-electron chi connectivity index (χ1n) is 7.09. The summed E-state index contributed by atoms with van der Waals surface area (Å²) in [5, 5.41) is 18.6. The van der Waals surface area contributed by atoms with E-state index >= 15 is 0 Å². The van der Waals surface area contributed by atoms with E-state index < -0.39 is 5.97 Å². The molecule has 0 aliphatic carbocycles. The number of thiazole rings is 2. The van der Waals surface area contributed by atoms with Crippen LogP contribution >= 0.6 is 22.7 Å². The molecule has 1 aromatic carbocycles. The maximum absolute atomic E-state index is 14.8. The summed E-state index contributed by atoms with van der Waals surface area (Å²) in [4.78, 5) is 19.2. The zero-order valence-electron chi connectivity index (χ0n) is 12.5. The molecule has 7 nitrogen and oxygen atoms in total. The molecule has 4 rings (SSSR count). The predicted molar refractivity (Wildman–Crippen MR) is 89.1 cm³/mol. The van der Waals surface area contributed by atoms with Gasteiger partial charge in [0.15, 0.2) is 5.82 Å². The van der Waals surface area contributed by atoms with Crippen LogP contribution in [0.2, 0.25) is 0 Å². The van der Waals surface area contributed by atoms with Crippen LogP contribution in [0.1, 0.15) is 16.8 Å². The molecule has 0 radical (unpaired) electrons. The fourth-order valence-electron chi connectivity index (χ4n) is 2.31. The van der Waals surface area contributed by atoms with E-state index in [0.29, 0.717) is 26.5 Å². The van der Waals surface area contributed by atoms with Gasteiger partial charge >= 0.3 is 5.97 Å². The molecule has 126 valence electrons. The Morgan fingerprint density at radius 3 is 2.88 bits per heavy atom. The summed E-state index contributed by atoms with van der Waals surface area (Å²) in [6.07, 6.45) is -0.115. The third kappa shape index (κ3) is 3.13. The van der Waals surface area contributed by atoms with Gasteiger partial charge < -0.3 is 9.52 Å². The molecule has 0 saturated carbocycles. The Morgan fingerprint density at radius 2 is 2.12 bits per heavy atom. The Balaban J connectivity index is 1.64. The van der Waals surface area contributed by atoms with Gasteiger partial charge in [0.2, 0.25) is 11.8 Å². The minimum Gasteiger partial charge on any atom is -0.481 e. The lowest BCUT2D eigenvalue weighted by Crippen LogP contribution is -1.99. The van der Waals surface area contributed by atoms with Crippen LogP contribution in [0.3, 0.4) is 0 Å². The lowest BCUT2D eigenvalue weighted by molar-refractivity contribution is -0.136. The highest BCUT2D eigenvalue weighted by atomic mass is 32.1. The Morgan fingerprint density at radius 1 is 1.28 bits per heavy atom. The SMILES string of the molecule is O=C(O)Cc1nnc(Cc2nc3ccc(-c4cscn4)c(F)c3s2)o1. The van der Waals surface area contributed by atoms with Gasteiger partial charge in [0.05, 0.1) is 27.8 Å². The van der Waals surface area contributed by atoms with E-state index in [1.807, 2.05) is 0 Å². The zero-order valence-corrected chi connectivity index (χ0v) is 14.1. The van der Waals surface area contributed by atoms with Crippen LogP contribution in [0, 0.1) is 5.82 Å². The second kappa shape index (κ2) is 6.30. The summed E-state index contributed by atoms with van der Waals surface area (Å²) in [7, 11) is 0. The maximum Gasteiger partial charge on any atom is 0.312 e. The second-order valence-corrected chi connectivity index (χ2v) is 6.90. The molecule has 3 heterocycles. The number of aliphatic carboxylic acids is 1. The summed E-state index contributed by atoms with van der Waals surface area (Å²) < 4.78 is 20.5. The summed E-state index contributed by atoms with van der Waals surface area (Å²) in [5.41, 5.74) is 3.23. The molecular weight excluding hydrogens is 367 g/mol. The van der Waals surface area contributed by atoms with E-state index in [-0.39, 0.29) is 30.4 Å². The number of aromatic nitrogens is 4. The first-order chi connectivity index (χ1) is 12.1. The van der Waals surface area contributed by atoms with Gasteiger partial charge in [0, 0.05) is 10.9 Å². The topological polar surface area (TPSA) is 102 Å². The molecule has 0 fully saturated rings. The molecule has 0 spiro atoms. The van der Waals surface area contributed by atoms with Gasteiger partial charge in [-0.25, -0.2) is 14.4 Å². The molecule has 0 unspecified atom stereocenters. The molecule has 10 heteroatoms. The number of rotatable bonds is 5. The van der Waals surface area contributed by atoms with Crippen LogP contribution in [0.4, 0.5) is 4.39 Å². The van der Waals surface area contributed by atoms with Crippen molar-refractivity contribution < 1.29 is 18.7 Å². The molecular formula is C15H9FN4O3S2. The molecule has 0 aliphatic heterocycles. The molecule has 0 bridgehead atoms. The Hall–Kier alpha value is -2.72. The molecule has 0 saturated heterocycles. The van der Waals surface area contributed by atoms with Gasteiger partial charge in [-0.05, 0) is 12.1 Å². The van der Waals surface area contributed by atoms with E-state index in [2.05, 4.69) is 20.2 Å². The van der Waals surface area contributed by atoms with Crippen LogP contribution in [-0.2, 0) is 17.6 Å². The number of fused-ring (bicyclic) bond motifs is 1. The van der Waals surface area contributed by atoms with Gasteiger partial charge in [-0.3, -0.25) is 4.79 Å². The van der Waals surface area contributed by atoms with E-state index in [4.69, 9.17) is 9.52 Å². The van der Waals surface area contributed by atoms with Crippen LogP contribution in [-0.4, -0.2) is 31.2 Å². The molecule has 0 atom stereocenters. The molecule has 3 aromatic heterocycles. The van der Waals surface area contributed by atoms with Crippen molar-refractivity contribution in [2.45, 2.75) is 12.8 Å². The summed E-state index contributed by atoms with van der Waals surface area (Å²) in [6.45, 7) is 0. The van der Waals surface area contributed by atoms with Crippen molar-refractivity contribution in [1.29, 1.82) is 0 Å². The zero-order chi connectivity index (χ0) is 17.4. The quantitative estimate of drug-likeness (QED) is 0.571. The molecule has 0 amide bonds. The van der Waals surface area contributed by atoms with Crippen LogP contribution in [0.25, 0.3) is 21.5 Å². The number of carboxylic acid groups (broad SMARTS) is 1. The number of hydrogen-bond acceptors (Lipinski definition) is 8. The Bertz CT molecular complexity index is 1060. The number of carboxylic acids is 1. The largest absolute Gasteiger partial charge is 0.481 e. The number of benzene rings is 1. The van der Waals surface area contributed by atoms with Crippen molar-refractivity contribution in [2.24, 2.45) is 0 Å². The van der Waals surface area contributed by atoms with Gasteiger partial charge in [-0.15, -0.1) is 32.9 Å². The lowest BCUT2D eigenvalue weighted by Gasteiger charge is -1.99. The minimum absolute atomic E-state index is 0.0283. The summed E-state index contributed by atoms with van der Waals surface area (Å²) in [5.74, 6) is -1.13. The molecule has 25 heavy (non-hydrogen) atoms. The fraction of sp³-hybridized carbons (Fsp3) is 0.133. The van der Waals surface area contributed by atoms with Gasteiger partial charge in [0.1, 0.15) is 11.4 Å². The van der Waals surface area contributed by atoms with Crippen LogP contribution in [0.5, 0.6) is 0 Å². The van der Waals surface area contributed by atoms with Crippen molar-refractivity contribution in [3.05, 3.63) is 45.6 Å². The lowest BCUT2D eigenvalue weighted by atomic mass is 10.1. The minimum atomic E-state index is -1.05. The normalized spacial score (nSPS) is 11.2. The average Bonchev–Trinajstić information content (AvgIpc) is 3.28. The van der Waals surface area contributed by atoms with E-state index in [1.54, 1.807) is 23.0 Å². The van der Waals surface area contributed by atoms with Crippen molar-refractivity contribution in [3.63, 3.8) is 0 Å². The number of carbonyl (C=O) groups is 1. The Labute approximate surface area is 147 Å². The predicted octanol–water partition coefficient (Wildman–Crippen LogP) is 3.16. The van der Waals surface area contributed by atoms with Crippen LogP contribution in [0.15, 0.2) is 27.4 Å². The maximum atomic E-state index is 14.8. The van der Waals surface area contributed by atoms with Gasteiger partial charge in [-0.2, -0.15) is 0 Å². The van der Waals surface area contributed by atoms with Gasteiger partial charge in [-0.1, -0.05) is 0 Å². The highest BCUT2D eigenvalue weighted by Gasteiger charge is 2.17. The summed E-state index contributed by atoms with van der Waals surface area (Å²) in [6, 6.07) is 3.41. The third-order valence-electron chi connectivity index (χ3n) is 3.36. The summed E-state index contributed by atoms with van der Waals surface area (Å²) >= 11 is 2.60. The van der Waals surface area contributed by atoms with Crippen LogP contribution < -0.4 is 0 Å². The first kappa shape index (κ1) is 15.8. The Kier molecular flexibility index (Phi) is 3.98. The van der Waals surface area contributed by atoms with Crippen molar-refractivity contribution in [2.75, 3.05) is 0 Å².